The van der Waals surface area contributed by atoms with Crippen LogP contribution in [0.3, 0.4) is 0 Å². The topological polar surface area (TPSA) is 57.6 Å². The maximum absolute atomic E-state index is 12.2. The van der Waals surface area contributed by atoms with Gasteiger partial charge >= 0.3 is 5.97 Å². The lowest BCUT2D eigenvalue weighted by molar-refractivity contribution is -0.106. The Bertz CT molecular complexity index is 1210. The summed E-state index contributed by atoms with van der Waals surface area (Å²) in [6.45, 7) is 12.9. The molecule has 1 amide bonds. The molecule has 3 aromatic rings. The molecule has 0 saturated carbocycles. The molecule has 0 fully saturated rings. The fourth-order valence-electron chi connectivity index (χ4n) is 4.31. The Hall–Kier alpha value is -3.11. The zero-order valence-electron chi connectivity index (χ0n) is 19.9. The second-order valence-electron chi connectivity index (χ2n) is 9.90. The van der Waals surface area contributed by atoms with Crippen LogP contribution in [0.5, 0.6) is 0 Å². The van der Waals surface area contributed by atoms with Crippen LogP contribution in [0, 0.1) is 6.92 Å². The number of carbonyl (C=O) groups excluding carboxylic acids is 1. The summed E-state index contributed by atoms with van der Waals surface area (Å²) in [5, 5.41) is 9.95. The molecule has 0 heterocycles. The number of hydrogen-bond donors (Lipinski definition) is 1. The Morgan fingerprint density at radius 3 is 2.21 bits per heavy atom. The Morgan fingerprint density at radius 1 is 0.939 bits per heavy atom. The number of aromatic carboxylic acids is 1. The van der Waals surface area contributed by atoms with Crippen LogP contribution >= 0.6 is 11.6 Å². The number of amides is 1. The van der Waals surface area contributed by atoms with E-state index in [1.165, 1.54) is 28.2 Å². The third-order valence-corrected chi connectivity index (χ3v) is 6.36. The van der Waals surface area contributed by atoms with E-state index in [1.54, 1.807) is 24.3 Å². The highest BCUT2D eigenvalue weighted by Gasteiger charge is 2.30. The first kappa shape index (κ1) is 24.5. The summed E-state index contributed by atoms with van der Waals surface area (Å²) in [7, 11) is 0. The van der Waals surface area contributed by atoms with Crippen molar-refractivity contribution in [1.29, 1.82) is 0 Å². The number of rotatable bonds is 6. The lowest BCUT2D eigenvalue weighted by atomic mass is 9.74. The van der Waals surface area contributed by atoms with E-state index < -0.39 is 11.4 Å². The summed E-state index contributed by atoms with van der Waals surface area (Å²) in [6.07, 6.45) is 0.706. The van der Waals surface area contributed by atoms with E-state index in [9.17, 15) is 14.7 Å². The lowest BCUT2D eigenvalue weighted by Gasteiger charge is -2.33. The lowest BCUT2D eigenvalue weighted by Crippen LogP contribution is -2.25. The molecule has 33 heavy (non-hydrogen) atoms. The van der Waals surface area contributed by atoms with Crippen molar-refractivity contribution in [3.8, 4) is 0 Å². The van der Waals surface area contributed by atoms with Gasteiger partial charge < -0.3 is 5.11 Å². The second-order valence-corrected chi connectivity index (χ2v) is 10.3. The number of halogens is 1. The Morgan fingerprint density at radius 2 is 1.64 bits per heavy atom. The summed E-state index contributed by atoms with van der Waals surface area (Å²) in [5.41, 5.74) is 5.26. The van der Waals surface area contributed by atoms with Crippen molar-refractivity contribution in [3.05, 3.63) is 93.5 Å². The predicted octanol–water partition coefficient (Wildman–Crippen LogP) is 7.26. The molecule has 0 bridgehead atoms. The predicted molar refractivity (Wildman–Crippen MR) is 135 cm³/mol. The number of anilines is 2. The monoisotopic (exact) mass is 463 g/mol. The van der Waals surface area contributed by atoms with Crippen molar-refractivity contribution < 1.29 is 14.7 Å². The number of nitrogens with zero attached hydrogens (tertiary/aromatic N) is 1. The first-order valence-corrected chi connectivity index (χ1v) is 11.2. The van der Waals surface area contributed by atoms with Crippen LogP contribution in [0.2, 0.25) is 5.02 Å². The van der Waals surface area contributed by atoms with E-state index >= 15 is 0 Å². The zero-order chi connectivity index (χ0) is 24.6. The van der Waals surface area contributed by atoms with Gasteiger partial charge in [0.1, 0.15) is 0 Å². The molecule has 5 heteroatoms. The molecule has 3 rings (SSSR count). The minimum atomic E-state index is -1.05. The van der Waals surface area contributed by atoms with Gasteiger partial charge in [0, 0.05) is 16.1 Å². The number of carboxylic acid groups (broad SMARTS) is 1. The molecule has 0 unspecified atom stereocenters. The molecule has 0 spiro atoms. The Labute approximate surface area is 200 Å². The Balaban J connectivity index is 2.17. The van der Waals surface area contributed by atoms with Gasteiger partial charge in [-0.15, -0.1) is 0 Å². The van der Waals surface area contributed by atoms with Gasteiger partial charge in [0.25, 0.3) is 0 Å². The van der Waals surface area contributed by atoms with Crippen molar-refractivity contribution in [2.45, 2.75) is 52.4 Å². The maximum Gasteiger partial charge on any atom is 0.335 e. The summed E-state index contributed by atoms with van der Waals surface area (Å²) in [4.78, 5) is 25.2. The third-order valence-electron chi connectivity index (χ3n) is 6.12. The molecular weight excluding hydrogens is 434 g/mol. The van der Waals surface area contributed by atoms with Gasteiger partial charge in [-0.05, 0) is 71.0 Å². The molecule has 3 aromatic carbocycles. The molecule has 4 nitrogen and oxygen atoms in total. The van der Waals surface area contributed by atoms with Gasteiger partial charge in [0.2, 0.25) is 6.41 Å². The average Bonchev–Trinajstić information content (AvgIpc) is 2.74. The zero-order valence-corrected chi connectivity index (χ0v) is 20.7. The third kappa shape index (κ3) is 4.96. The maximum atomic E-state index is 12.2. The van der Waals surface area contributed by atoms with Crippen LogP contribution in [-0.2, 0) is 15.6 Å². The summed E-state index contributed by atoms with van der Waals surface area (Å²) >= 11 is 6.40. The van der Waals surface area contributed by atoms with Gasteiger partial charge in [0.05, 0.1) is 11.3 Å². The van der Waals surface area contributed by atoms with Gasteiger partial charge in [-0.25, -0.2) is 4.79 Å². The molecule has 0 aromatic heterocycles. The van der Waals surface area contributed by atoms with Crippen molar-refractivity contribution in [2.75, 3.05) is 4.90 Å². The highest BCUT2D eigenvalue weighted by Crippen LogP contribution is 2.42. The second kappa shape index (κ2) is 9.03. The minimum Gasteiger partial charge on any atom is -0.478 e. The van der Waals surface area contributed by atoms with Gasteiger partial charge in [-0.1, -0.05) is 70.5 Å². The smallest absolute Gasteiger partial charge is 0.335 e. The van der Waals surface area contributed by atoms with Gasteiger partial charge in [-0.3, -0.25) is 9.69 Å². The molecule has 1 N–H and O–H groups in total. The van der Waals surface area contributed by atoms with E-state index in [2.05, 4.69) is 59.7 Å². The fourth-order valence-corrected chi connectivity index (χ4v) is 4.49. The van der Waals surface area contributed by atoms with Crippen LogP contribution in [0.15, 0.2) is 60.7 Å². The number of hydrogen-bond acceptors (Lipinski definition) is 2. The summed E-state index contributed by atoms with van der Waals surface area (Å²) < 4.78 is 0. The van der Waals surface area contributed by atoms with Crippen LogP contribution in [0.1, 0.15) is 67.2 Å². The van der Waals surface area contributed by atoms with Crippen molar-refractivity contribution in [3.63, 3.8) is 0 Å². The molecule has 0 saturated heterocycles. The normalized spacial score (nSPS) is 11.8. The first-order chi connectivity index (χ1) is 15.4. The number of benzene rings is 3. The first-order valence-electron chi connectivity index (χ1n) is 10.9. The van der Waals surface area contributed by atoms with E-state index in [1.807, 2.05) is 6.07 Å². The highest BCUT2D eigenvalue weighted by molar-refractivity contribution is 6.30. The molecular formula is C28H30ClNO3. The minimum absolute atomic E-state index is 0.0391. The standard InChI is InChI=1S/C28H30ClNO3/c1-18-14-20(10-12-23(18)27(2,3)4)28(5,6)24-16-21(29)11-13-25(24)30(17-31)22-9-7-8-19(15-22)26(32)33/h7-17H,1-6H3,(H,32,33). The van der Waals surface area contributed by atoms with Crippen molar-refractivity contribution in [2.24, 2.45) is 0 Å². The highest BCUT2D eigenvalue weighted by atomic mass is 35.5. The van der Waals surface area contributed by atoms with Gasteiger partial charge in [0.15, 0.2) is 0 Å². The van der Waals surface area contributed by atoms with Crippen LogP contribution in [0.25, 0.3) is 0 Å². The molecule has 0 aliphatic heterocycles. The van der Waals surface area contributed by atoms with E-state index in [4.69, 9.17) is 11.6 Å². The van der Waals surface area contributed by atoms with Crippen LogP contribution in [-0.4, -0.2) is 17.5 Å². The van der Waals surface area contributed by atoms with E-state index in [0.717, 1.165) is 11.1 Å². The van der Waals surface area contributed by atoms with Gasteiger partial charge in [-0.2, -0.15) is 0 Å². The molecule has 0 atom stereocenters. The number of carboxylic acids is 1. The van der Waals surface area contributed by atoms with Crippen LogP contribution < -0.4 is 4.90 Å². The quantitative estimate of drug-likeness (QED) is 0.391. The largest absolute Gasteiger partial charge is 0.478 e. The SMILES string of the molecule is Cc1cc(C(C)(C)c2cc(Cl)ccc2N(C=O)c2cccc(C(=O)O)c2)ccc1C(C)(C)C. The molecule has 0 aliphatic rings. The van der Waals surface area contributed by atoms with Crippen LogP contribution in [0.4, 0.5) is 11.4 Å². The summed E-state index contributed by atoms with van der Waals surface area (Å²) in [5.74, 6) is -1.05. The number of carbonyl (C=O) groups is 2. The number of aryl methyl sites for hydroxylation is 1. The van der Waals surface area contributed by atoms with Crippen molar-refractivity contribution >= 4 is 35.4 Å². The Kier molecular flexibility index (Phi) is 6.71. The van der Waals surface area contributed by atoms with E-state index in [0.29, 0.717) is 22.8 Å². The van der Waals surface area contributed by atoms with E-state index in [-0.39, 0.29) is 11.0 Å². The average molecular weight is 464 g/mol. The summed E-state index contributed by atoms with van der Waals surface area (Å²) in [6, 6.07) is 18.3. The van der Waals surface area contributed by atoms with Crippen molar-refractivity contribution in [1.82, 2.24) is 0 Å². The molecule has 0 radical (unpaired) electrons. The fraction of sp³-hybridized carbons (Fsp3) is 0.286. The molecule has 172 valence electrons. The molecule has 0 aliphatic carbocycles.